The molecule has 7 heteroatoms. The molecule has 1 saturated heterocycles. The largest absolute Gasteiger partial charge is 0.386 e. The summed E-state index contributed by atoms with van der Waals surface area (Å²) < 4.78 is 1.64. The molecule has 1 aliphatic heterocycles. The molecule has 0 radical (unpaired) electrons. The number of carbonyl (C=O) groups is 1. The Kier molecular flexibility index (Phi) is 5.10. The van der Waals surface area contributed by atoms with E-state index in [0.29, 0.717) is 11.4 Å². The van der Waals surface area contributed by atoms with E-state index in [-0.39, 0.29) is 12.5 Å². The summed E-state index contributed by atoms with van der Waals surface area (Å²) in [5.41, 5.74) is 1.28. The van der Waals surface area contributed by atoms with Gasteiger partial charge in [-0.15, -0.1) is 0 Å². The maximum Gasteiger partial charge on any atom is 0.257 e. The summed E-state index contributed by atoms with van der Waals surface area (Å²) in [5.74, 6) is 0.511. The highest BCUT2D eigenvalue weighted by Gasteiger charge is 2.21. The second-order valence-electron chi connectivity index (χ2n) is 6.10. The number of aliphatic hydroxyl groups is 1. The number of nitrogens with one attached hydrogen (secondary N) is 1. The van der Waals surface area contributed by atoms with Crippen molar-refractivity contribution in [2.45, 2.75) is 25.4 Å². The number of hydrogen-bond acceptors (Lipinski definition) is 5. The zero-order valence-corrected chi connectivity index (χ0v) is 13.9. The smallest absolute Gasteiger partial charge is 0.257 e. The summed E-state index contributed by atoms with van der Waals surface area (Å²) in [7, 11) is 1.80. The average molecular weight is 329 g/mol. The normalized spacial score (nSPS) is 16.0. The fourth-order valence-corrected chi connectivity index (χ4v) is 2.91. The van der Waals surface area contributed by atoms with Gasteiger partial charge >= 0.3 is 0 Å². The summed E-state index contributed by atoms with van der Waals surface area (Å²) in [6.07, 6.45) is 7.61. The fraction of sp³-hybridized carbons (Fsp3) is 0.471. The minimum Gasteiger partial charge on any atom is -0.386 e. The van der Waals surface area contributed by atoms with Crippen molar-refractivity contribution < 1.29 is 9.90 Å². The molecule has 0 aliphatic carbocycles. The Morgan fingerprint density at radius 3 is 2.88 bits per heavy atom. The molecule has 7 nitrogen and oxygen atoms in total. The molecule has 3 heterocycles. The predicted octanol–water partition coefficient (Wildman–Crippen LogP) is 1.59. The van der Waals surface area contributed by atoms with Gasteiger partial charge in [-0.25, -0.2) is 4.98 Å². The molecule has 1 aliphatic rings. The Hall–Kier alpha value is -2.41. The van der Waals surface area contributed by atoms with Gasteiger partial charge in [0.15, 0.2) is 0 Å². The van der Waals surface area contributed by atoms with Gasteiger partial charge in [0.2, 0.25) is 0 Å². The second kappa shape index (κ2) is 7.44. The number of amides is 1. The third-order valence-corrected chi connectivity index (χ3v) is 4.25. The highest BCUT2D eigenvalue weighted by atomic mass is 16.3. The standard InChI is InChI=1S/C17H23N5O2/c1-21-12-13(10-20-21)15(23)11-19-16-14(6-5-7-18-16)17(24)22-8-3-2-4-9-22/h5-7,10,12,15,23H,2-4,8-9,11H2,1H3,(H,18,19). The van der Waals surface area contributed by atoms with E-state index in [1.165, 1.54) is 6.42 Å². The van der Waals surface area contributed by atoms with Crippen LogP contribution in [-0.4, -0.2) is 50.3 Å². The number of likely N-dealkylation sites (tertiary alicyclic amines) is 1. The highest BCUT2D eigenvalue weighted by molar-refractivity contribution is 5.98. The van der Waals surface area contributed by atoms with Gasteiger partial charge in [0.05, 0.1) is 17.9 Å². The van der Waals surface area contributed by atoms with E-state index in [2.05, 4.69) is 15.4 Å². The zero-order chi connectivity index (χ0) is 16.9. The molecular formula is C17H23N5O2. The maximum absolute atomic E-state index is 12.7. The minimum atomic E-state index is -0.710. The van der Waals surface area contributed by atoms with Crippen molar-refractivity contribution in [3.8, 4) is 0 Å². The maximum atomic E-state index is 12.7. The molecule has 1 fully saturated rings. The van der Waals surface area contributed by atoms with Crippen LogP contribution in [-0.2, 0) is 7.05 Å². The molecule has 0 spiro atoms. The van der Waals surface area contributed by atoms with Gasteiger partial charge in [-0.1, -0.05) is 0 Å². The lowest BCUT2D eigenvalue weighted by atomic mass is 10.1. The molecule has 1 amide bonds. The number of aryl methyl sites for hydroxylation is 1. The Morgan fingerprint density at radius 2 is 2.17 bits per heavy atom. The van der Waals surface area contributed by atoms with Crippen molar-refractivity contribution in [2.24, 2.45) is 7.05 Å². The van der Waals surface area contributed by atoms with Crippen molar-refractivity contribution in [3.05, 3.63) is 41.9 Å². The first-order valence-electron chi connectivity index (χ1n) is 8.30. The van der Waals surface area contributed by atoms with Crippen LogP contribution in [0.15, 0.2) is 30.7 Å². The SMILES string of the molecule is Cn1cc(C(O)CNc2ncccc2C(=O)N2CCCCC2)cn1. The van der Waals surface area contributed by atoms with Gasteiger partial charge < -0.3 is 15.3 Å². The van der Waals surface area contributed by atoms with Crippen LogP contribution in [0, 0.1) is 0 Å². The van der Waals surface area contributed by atoms with Crippen molar-refractivity contribution >= 4 is 11.7 Å². The van der Waals surface area contributed by atoms with Crippen LogP contribution in [0.2, 0.25) is 0 Å². The van der Waals surface area contributed by atoms with E-state index in [9.17, 15) is 9.90 Å². The molecular weight excluding hydrogens is 306 g/mol. The third kappa shape index (κ3) is 3.73. The van der Waals surface area contributed by atoms with Gasteiger partial charge in [0, 0.05) is 44.6 Å². The number of carbonyl (C=O) groups excluding carboxylic acids is 1. The number of hydrogen-bond donors (Lipinski definition) is 2. The molecule has 0 aromatic carbocycles. The first-order valence-corrected chi connectivity index (χ1v) is 8.30. The molecule has 24 heavy (non-hydrogen) atoms. The van der Waals surface area contributed by atoms with Crippen LogP contribution in [0.5, 0.6) is 0 Å². The van der Waals surface area contributed by atoms with Crippen molar-refractivity contribution in [2.75, 3.05) is 25.0 Å². The molecule has 1 unspecified atom stereocenters. The quantitative estimate of drug-likeness (QED) is 0.870. The van der Waals surface area contributed by atoms with E-state index < -0.39 is 6.10 Å². The fourth-order valence-electron chi connectivity index (χ4n) is 2.91. The average Bonchev–Trinajstić information content (AvgIpc) is 3.06. The van der Waals surface area contributed by atoms with Gasteiger partial charge in [0.1, 0.15) is 5.82 Å². The number of nitrogens with zero attached hydrogens (tertiary/aromatic N) is 4. The lowest BCUT2D eigenvalue weighted by Crippen LogP contribution is -2.36. The van der Waals surface area contributed by atoms with Crippen molar-refractivity contribution in [3.63, 3.8) is 0 Å². The van der Waals surface area contributed by atoms with Crippen molar-refractivity contribution in [1.29, 1.82) is 0 Å². The molecule has 2 N–H and O–H groups in total. The molecule has 1 atom stereocenters. The van der Waals surface area contributed by atoms with Gasteiger partial charge in [-0.3, -0.25) is 9.48 Å². The number of anilines is 1. The van der Waals surface area contributed by atoms with Gasteiger partial charge in [0.25, 0.3) is 5.91 Å². The van der Waals surface area contributed by atoms with E-state index in [4.69, 9.17) is 0 Å². The lowest BCUT2D eigenvalue weighted by Gasteiger charge is -2.27. The molecule has 2 aromatic rings. The first-order chi connectivity index (χ1) is 11.6. The predicted molar refractivity (Wildman–Crippen MR) is 90.6 cm³/mol. The van der Waals surface area contributed by atoms with Gasteiger partial charge in [-0.05, 0) is 31.4 Å². The number of aliphatic hydroxyl groups excluding tert-OH is 1. The Labute approximate surface area is 141 Å². The third-order valence-electron chi connectivity index (χ3n) is 4.25. The summed E-state index contributed by atoms with van der Waals surface area (Å²) in [5, 5.41) is 17.4. The number of aromatic nitrogens is 3. The summed E-state index contributed by atoms with van der Waals surface area (Å²) >= 11 is 0. The van der Waals surface area contributed by atoms with Crippen LogP contribution >= 0.6 is 0 Å². The van der Waals surface area contributed by atoms with Crippen LogP contribution in [0.3, 0.4) is 0 Å². The molecule has 0 saturated carbocycles. The summed E-state index contributed by atoms with van der Waals surface area (Å²) in [6.45, 7) is 1.86. The molecule has 0 bridgehead atoms. The van der Waals surface area contributed by atoms with Crippen LogP contribution in [0.1, 0.15) is 41.3 Å². The first kappa shape index (κ1) is 16.4. The Balaban J connectivity index is 1.68. The van der Waals surface area contributed by atoms with E-state index in [1.54, 1.807) is 42.5 Å². The monoisotopic (exact) mass is 329 g/mol. The Bertz CT molecular complexity index is 694. The summed E-state index contributed by atoms with van der Waals surface area (Å²) in [4.78, 5) is 18.9. The highest BCUT2D eigenvalue weighted by Crippen LogP contribution is 2.19. The van der Waals surface area contributed by atoms with E-state index in [0.717, 1.165) is 31.5 Å². The van der Waals surface area contributed by atoms with Crippen LogP contribution < -0.4 is 5.32 Å². The zero-order valence-electron chi connectivity index (χ0n) is 13.9. The minimum absolute atomic E-state index is 0.00108. The summed E-state index contributed by atoms with van der Waals surface area (Å²) in [6, 6.07) is 3.54. The second-order valence-corrected chi connectivity index (χ2v) is 6.10. The van der Waals surface area contributed by atoms with Crippen LogP contribution in [0.25, 0.3) is 0 Å². The molecule has 3 rings (SSSR count). The van der Waals surface area contributed by atoms with Gasteiger partial charge in [-0.2, -0.15) is 5.10 Å². The molecule has 2 aromatic heterocycles. The van der Waals surface area contributed by atoms with Crippen LogP contribution in [0.4, 0.5) is 5.82 Å². The van der Waals surface area contributed by atoms with E-state index >= 15 is 0 Å². The Morgan fingerprint density at radius 1 is 1.38 bits per heavy atom. The topological polar surface area (TPSA) is 83.3 Å². The number of rotatable bonds is 5. The van der Waals surface area contributed by atoms with Crippen molar-refractivity contribution in [1.82, 2.24) is 19.7 Å². The van der Waals surface area contributed by atoms with E-state index in [1.807, 2.05) is 4.90 Å². The number of pyridine rings is 1. The molecule has 128 valence electrons. The number of piperidine rings is 1. The lowest BCUT2D eigenvalue weighted by molar-refractivity contribution is 0.0724.